The van der Waals surface area contributed by atoms with Crippen LogP contribution < -0.4 is 5.32 Å². The van der Waals surface area contributed by atoms with Crippen LogP contribution in [-0.2, 0) is 4.74 Å². The van der Waals surface area contributed by atoms with E-state index in [1.807, 2.05) is 13.8 Å². The molecule has 172 valence electrons. The minimum Gasteiger partial charge on any atom is -0.507 e. The summed E-state index contributed by atoms with van der Waals surface area (Å²) in [6.07, 6.45) is 0.605. The van der Waals surface area contributed by atoms with E-state index in [1.165, 1.54) is 12.1 Å². The number of fused-ring (bicyclic) bond motifs is 1. The second-order valence-corrected chi connectivity index (χ2v) is 8.68. The maximum atomic E-state index is 13.1. The fourth-order valence-electron chi connectivity index (χ4n) is 3.23. The summed E-state index contributed by atoms with van der Waals surface area (Å²) < 4.78 is 5.46. The molecule has 1 amide bonds. The van der Waals surface area contributed by atoms with Crippen LogP contribution in [0.25, 0.3) is 0 Å². The van der Waals surface area contributed by atoms with Gasteiger partial charge in [-0.2, -0.15) is 0 Å². The minimum atomic E-state index is -1.18. The zero-order valence-electron chi connectivity index (χ0n) is 17.4. The lowest BCUT2D eigenvalue weighted by atomic mass is 9.85. The molecule has 0 saturated carbocycles. The number of benzene rings is 2. The zero-order valence-corrected chi connectivity index (χ0v) is 19.7. The third-order valence-electron chi connectivity index (χ3n) is 4.75. The van der Waals surface area contributed by atoms with Gasteiger partial charge in [-0.15, -0.1) is 0 Å². The van der Waals surface area contributed by atoms with Crippen molar-refractivity contribution >= 4 is 58.1 Å². The number of hydrogen-bond donors (Lipinski definition) is 3. The van der Waals surface area contributed by atoms with Crippen molar-refractivity contribution in [2.24, 2.45) is 0 Å². The van der Waals surface area contributed by atoms with E-state index >= 15 is 0 Å². The predicted octanol–water partition coefficient (Wildman–Crippen LogP) is 6.34. The molecule has 0 unspecified atom stereocenters. The molecule has 1 atom stereocenters. The maximum absolute atomic E-state index is 13.1. The van der Waals surface area contributed by atoms with E-state index in [-0.39, 0.29) is 43.9 Å². The molecule has 33 heavy (non-hydrogen) atoms. The second-order valence-electron chi connectivity index (χ2n) is 7.43. The number of phenols is 2. The highest BCUT2D eigenvalue weighted by Crippen LogP contribution is 2.37. The Balaban J connectivity index is 1.95. The summed E-state index contributed by atoms with van der Waals surface area (Å²) in [5.41, 5.74) is 0.112. The largest absolute Gasteiger partial charge is 0.507 e. The number of ether oxygens (including phenoxy) is 1. The molecule has 0 radical (unpaired) electrons. The van der Waals surface area contributed by atoms with Gasteiger partial charge in [-0.25, -0.2) is 4.79 Å². The maximum Gasteiger partial charge on any atom is 0.412 e. The molecule has 0 bridgehead atoms. The van der Waals surface area contributed by atoms with Crippen LogP contribution in [0, 0.1) is 0 Å². The molecule has 0 fully saturated rings. The average Bonchev–Trinajstić information content (AvgIpc) is 2.72. The normalized spacial score (nSPS) is 13.7. The van der Waals surface area contributed by atoms with E-state index in [2.05, 4.69) is 5.32 Å². The highest BCUT2D eigenvalue weighted by molar-refractivity contribution is 6.42. The van der Waals surface area contributed by atoms with Crippen LogP contribution in [-0.4, -0.2) is 34.0 Å². The third kappa shape index (κ3) is 5.33. The number of ketones is 2. The molecule has 0 spiro atoms. The number of hydrogen-bond acceptors (Lipinski definition) is 6. The molecule has 0 aliphatic heterocycles. The molecule has 1 aliphatic carbocycles. The van der Waals surface area contributed by atoms with Crippen molar-refractivity contribution in [2.45, 2.75) is 26.4 Å². The minimum absolute atomic E-state index is 0.0571. The number of rotatable bonds is 5. The molecular formula is C23H18Cl3NO6. The Bertz CT molecular complexity index is 1210. The van der Waals surface area contributed by atoms with Crippen molar-refractivity contribution in [3.8, 4) is 11.5 Å². The first-order chi connectivity index (χ1) is 15.5. The SMILES string of the molecule is CC(C)=CC[C@@H](OC(=O)Nc1c(Cl)cc(Cl)cc1Cl)C1=CC(=O)c2c(O)ccc(O)c2C1=O. The van der Waals surface area contributed by atoms with Crippen LogP contribution in [0.2, 0.25) is 15.1 Å². The number of aromatic hydroxyl groups is 2. The van der Waals surface area contributed by atoms with Crippen molar-refractivity contribution in [3.05, 3.63) is 73.8 Å². The van der Waals surface area contributed by atoms with Crippen LogP contribution in [0.4, 0.5) is 10.5 Å². The molecule has 0 aromatic heterocycles. The number of carbonyl (C=O) groups excluding carboxylic acids is 3. The molecule has 1 aliphatic rings. The molecule has 10 heteroatoms. The first kappa shape index (κ1) is 24.6. The summed E-state index contributed by atoms with van der Waals surface area (Å²) in [6.45, 7) is 3.62. The van der Waals surface area contributed by atoms with Gasteiger partial charge in [0.25, 0.3) is 0 Å². The van der Waals surface area contributed by atoms with Crippen LogP contribution >= 0.6 is 34.8 Å². The first-order valence-corrected chi connectivity index (χ1v) is 10.7. The highest BCUT2D eigenvalue weighted by atomic mass is 35.5. The number of allylic oxidation sites excluding steroid dienone is 2. The van der Waals surface area contributed by atoms with Gasteiger partial charge in [0.15, 0.2) is 11.6 Å². The van der Waals surface area contributed by atoms with E-state index in [9.17, 15) is 24.6 Å². The molecule has 2 aromatic rings. The van der Waals surface area contributed by atoms with Crippen LogP contribution in [0.5, 0.6) is 11.5 Å². The molecule has 2 aromatic carbocycles. The summed E-state index contributed by atoms with van der Waals surface area (Å²) in [7, 11) is 0. The Kier molecular flexibility index (Phi) is 7.37. The number of amides is 1. The van der Waals surface area contributed by atoms with Gasteiger partial charge >= 0.3 is 6.09 Å². The van der Waals surface area contributed by atoms with E-state index in [4.69, 9.17) is 39.5 Å². The monoisotopic (exact) mass is 509 g/mol. The van der Waals surface area contributed by atoms with Gasteiger partial charge in [0.05, 0.1) is 26.9 Å². The van der Waals surface area contributed by atoms with Gasteiger partial charge in [-0.1, -0.05) is 46.5 Å². The van der Waals surface area contributed by atoms with Gasteiger partial charge in [0.1, 0.15) is 17.6 Å². The van der Waals surface area contributed by atoms with Crippen molar-refractivity contribution < 1.29 is 29.3 Å². The number of nitrogens with one attached hydrogen (secondary N) is 1. The lowest BCUT2D eigenvalue weighted by molar-refractivity contribution is 0.0914. The zero-order chi connectivity index (χ0) is 24.4. The van der Waals surface area contributed by atoms with Gasteiger partial charge in [0.2, 0.25) is 0 Å². The van der Waals surface area contributed by atoms with Crippen molar-refractivity contribution in [1.29, 1.82) is 0 Å². The van der Waals surface area contributed by atoms with Crippen LogP contribution in [0.15, 0.2) is 47.6 Å². The number of halogens is 3. The molecule has 3 N–H and O–H groups in total. The van der Waals surface area contributed by atoms with Crippen molar-refractivity contribution in [2.75, 3.05) is 5.32 Å². The Morgan fingerprint density at radius 2 is 1.64 bits per heavy atom. The molecule has 3 rings (SSSR count). The smallest absolute Gasteiger partial charge is 0.412 e. The van der Waals surface area contributed by atoms with Crippen molar-refractivity contribution in [1.82, 2.24) is 0 Å². The summed E-state index contributed by atoms with van der Waals surface area (Å²) in [5, 5.41) is 23.0. The lowest BCUT2D eigenvalue weighted by Gasteiger charge is -2.24. The third-order valence-corrected chi connectivity index (χ3v) is 5.57. The number of phenolic OH excluding ortho intramolecular Hbond substituents is 2. The van der Waals surface area contributed by atoms with Crippen molar-refractivity contribution in [3.63, 3.8) is 0 Å². The van der Waals surface area contributed by atoms with Gasteiger partial charge in [0, 0.05) is 17.0 Å². The Labute approximate surface area is 204 Å². The van der Waals surface area contributed by atoms with E-state index in [0.29, 0.717) is 0 Å². The quantitative estimate of drug-likeness (QED) is 0.320. The summed E-state index contributed by atoms with van der Waals surface area (Å²) in [4.78, 5) is 38.4. The van der Waals surface area contributed by atoms with Gasteiger partial charge < -0.3 is 14.9 Å². The molecule has 7 nitrogen and oxygen atoms in total. The number of carbonyl (C=O) groups is 3. The summed E-state index contributed by atoms with van der Waals surface area (Å²) in [6, 6.07) is 4.97. The second kappa shape index (κ2) is 9.87. The van der Waals surface area contributed by atoms with Gasteiger partial charge in [-0.05, 0) is 44.2 Å². The predicted molar refractivity (Wildman–Crippen MR) is 126 cm³/mol. The fraction of sp³-hybridized carbons (Fsp3) is 0.174. The van der Waals surface area contributed by atoms with E-state index < -0.39 is 35.3 Å². The van der Waals surface area contributed by atoms with E-state index in [0.717, 1.165) is 23.8 Å². The standard InChI is InChI=1S/C23H18Cl3NO6/c1-10(2)3-6-18(33-23(32)27-21-13(25)7-11(24)8-14(21)26)12-9-17(30)19-15(28)4-5-16(29)20(19)22(12)31/h3-5,7-9,18,28-29H,6H2,1-2H3,(H,27,32)/t18-/m1/s1. The van der Waals surface area contributed by atoms with E-state index in [1.54, 1.807) is 6.08 Å². The summed E-state index contributed by atoms with van der Waals surface area (Å²) in [5.74, 6) is -2.37. The Morgan fingerprint density at radius 3 is 2.21 bits per heavy atom. The highest BCUT2D eigenvalue weighted by Gasteiger charge is 2.35. The van der Waals surface area contributed by atoms with Crippen LogP contribution in [0.1, 0.15) is 41.0 Å². The first-order valence-electron chi connectivity index (χ1n) is 9.60. The van der Waals surface area contributed by atoms with Gasteiger partial charge in [-0.3, -0.25) is 14.9 Å². The molecular weight excluding hydrogens is 493 g/mol. The Morgan fingerprint density at radius 1 is 1.06 bits per heavy atom. The average molecular weight is 511 g/mol. The number of Topliss-reactive ketones (excluding diaryl/α,β-unsaturated/α-hetero) is 1. The lowest BCUT2D eigenvalue weighted by Crippen LogP contribution is -2.30. The number of anilines is 1. The fourth-order valence-corrected chi connectivity index (χ4v) is 4.14. The molecule has 0 heterocycles. The van der Waals surface area contributed by atoms with Crippen LogP contribution in [0.3, 0.4) is 0 Å². The summed E-state index contributed by atoms with van der Waals surface area (Å²) >= 11 is 18.1. The Hall–Kier alpha value is -3.00. The topological polar surface area (TPSA) is 113 Å². The molecule has 0 saturated heterocycles.